The van der Waals surface area contributed by atoms with Crippen LogP contribution in [0.25, 0.3) is 11.1 Å². The van der Waals surface area contributed by atoms with E-state index >= 15 is 0 Å². The third-order valence-electron chi connectivity index (χ3n) is 6.62. The summed E-state index contributed by atoms with van der Waals surface area (Å²) in [6.45, 7) is 1.85. The molecule has 0 unspecified atom stereocenters. The molecule has 2 atom stereocenters. The zero-order valence-electron chi connectivity index (χ0n) is 18.2. The highest BCUT2D eigenvalue weighted by Gasteiger charge is 2.38. The van der Waals surface area contributed by atoms with Gasteiger partial charge >= 0.3 is 0 Å². The summed E-state index contributed by atoms with van der Waals surface area (Å²) < 4.78 is 51.7. The van der Waals surface area contributed by atoms with E-state index in [0.717, 1.165) is 28.8 Å². The first kappa shape index (κ1) is 23.0. The number of amides is 1. The minimum atomic E-state index is -4.27. The number of nitrogens with zero attached hydrogens (tertiary/aromatic N) is 1. The Hall–Kier alpha value is -2.81. The Morgan fingerprint density at radius 1 is 1.00 bits per heavy atom. The maximum Gasteiger partial charge on any atom is 0.241 e. The molecule has 5 nitrogen and oxygen atoms in total. The van der Waals surface area contributed by atoms with E-state index in [-0.39, 0.29) is 23.7 Å². The van der Waals surface area contributed by atoms with E-state index in [1.54, 1.807) is 4.90 Å². The summed E-state index contributed by atoms with van der Waals surface area (Å²) in [5, 5.41) is 5.60. The molecule has 1 aliphatic carbocycles. The lowest BCUT2D eigenvalue weighted by Gasteiger charge is -2.26. The Bertz CT molecular complexity index is 1460. The Labute approximate surface area is 201 Å². The van der Waals surface area contributed by atoms with Crippen LogP contribution in [-0.4, -0.2) is 20.4 Å². The van der Waals surface area contributed by atoms with Gasteiger partial charge in [0.05, 0.1) is 0 Å². The third-order valence-corrected chi connectivity index (χ3v) is 7.88. The predicted molar refractivity (Wildman–Crippen MR) is 126 cm³/mol. The molecule has 1 aliphatic heterocycles. The van der Waals surface area contributed by atoms with Gasteiger partial charge in [-0.05, 0) is 78.8 Å². The second-order valence-corrected chi connectivity index (χ2v) is 10.9. The van der Waals surface area contributed by atoms with Crippen molar-refractivity contribution in [3.8, 4) is 11.1 Å². The van der Waals surface area contributed by atoms with Crippen molar-refractivity contribution in [3.05, 3.63) is 81.9 Å². The summed E-state index contributed by atoms with van der Waals surface area (Å²) in [4.78, 5) is 14.5. The number of benzene rings is 3. The van der Waals surface area contributed by atoms with Crippen molar-refractivity contribution in [2.45, 2.75) is 37.1 Å². The van der Waals surface area contributed by atoms with Crippen molar-refractivity contribution in [2.24, 2.45) is 11.1 Å². The van der Waals surface area contributed by atoms with Crippen LogP contribution >= 0.6 is 11.6 Å². The highest BCUT2D eigenvalue weighted by molar-refractivity contribution is 7.89. The van der Waals surface area contributed by atoms with E-state index in [1.165, 1.54) is 18.2 Å². The average Bonchev–Trinajstić information content (AvgIpc) is 3.33. The van der Waals surface area contributed by atoms with E-state index < -0.39 is 20.7 Å². The molecule has 0 saturated heterocycles. The van der Waals surface area contributed by atoms with E-state index in [9.17, 15) is 22.0 Å². The molecule has 0 fully saturated rings. The fourth-order valence-electron chi connectivity index (χ4n) is 5.05. The summed E-state index contributed by atoms with van der Waals surface area (Å²) in [5.74, 6) is -1.81. The molecule has 0 aromatic heterocycles. The molecule has 0 radical (unpaired) electrons. The SMILES string of the molecule is C[C@@H]1Cc2cc(F)c(S(N)(=O)=O)cc2N1C(=O)[C@@H]1Cc2ccc(-c3cc(F)ccc3Cl)cc2C1. The molecule has 2 N–H and O–H groups in total. The highest BCUT2D eigenvalue weighted by atomic mass is 35.5. The van der Waals surface area contributed by atoms with Crippen molar-refractivity contribution in [3.63, 3.8) is 0 Å². The van der Waals surface area contributed by atoms with Gasteiger partial charge in [-0.25, -0.2) is 22.3 Å². The zero-order valence-corrected chi connectivity index (χ0v) is 19.8. The second-order valence-electron chi connectivity index (χ2n) is 8.93. The molecular weight excluding hydrogens is 482 g/mol. The first-order valence-corrected chi connectivity index (χ1v) is 12.7. The molecule has 3 aromatic rings. The number of sulfonamides is 1. The minimum absolute atomic E-state index is 0.153. The monoisotopic (exact) mass is 502 g/mol. The van der Waals surface area contributed by atoms with Gasteiger partial charge in [-0.1, -0.05) is 29.8 Å². The number of carbonyl (C=O) groups is 1. The number of halogens is 3. The van der Waals surface area contributed by atoms with Gasteiger partial charge in [0.15, 0.2) is 0 Å². The smallest absolute Gasteiger partial charge is 0.241 e. The molecule has 5 rings (SSSR count). The van der Waals surface area contributed by atoms with Gasteiger partial charge in [0.25, 0.3) is 0 Å². The number of carbonyl (C=O) groups excluding carboxylic acids is 1. The van der Waals surface area contributed by atoms with E-state index in [4.69, 9.17) is 16.7 Å². The molecule has 176 valence electrons. The van der Waals surface area contributed by atoms with E-state index in [0.29, 0.717) is 41.1 Å². The fourth-order valence-corrected chi connectivity index (χ4v) is 5.88. The molecule has 2 aliphatic rings. The van der Waals surface area contributed by atoms with Crippen molar-refractivity contribution in [1.29, 1.82) is 0 Å². The number of primary sulfonamides is 1. The Morgan fingerprint density at radius 2 is 1.74 bits per heavy atom. The van der Waals surface area contributed by atoms with Gasteiger partial charge < -0.3 is 4.90 Å². The Balaban J connectivity index is 1.45. The van der Waals surface area contributed by atoms with Gasteiger partial charge in [-0.3, -0.25) is 4.79 Å². The standard InChI is InChI=1S/C25H21ClF2N2O3S/c1-13-6-17-10-22(28)24(34(29,32)33)12-23(17)30(13)25(31)18-7-14-2-3-15(8-16(14)9-18)20-11-19(27)4-5-21(20)26/h2-5,8,10-13,18H,6-7,9H2,1H3,(H2,29,32,33)/t13-,18-/m1/s1. The lowest BCUT2D eigenvalue weighted by Crippen LogP contribution is -2.40. The number of hydrogen-bond acceptors (Lipinski definition) is 3. The first-order chi connectivity index (χ1) is 16.0. The van der Waals surface area contributed by atoms with Crippen LogP contribution in [0.2, 0.25) is 5.02 Å². The van der Waals surface area contributed by atoms with Crippen LogP contribution < -0.4 is 10.0 Å². The fraction of sp³-hybridized carbons (Fsp3) is 0.240. The summed E-state index contributed by atoms with van der Waals surface area (Å²) in [6, 6.07) is 12.0. The Morgan fingerprint density at radius 3 is 2.47 bits per heavy atom. The van der Waals surface area contributed by atoms with Crippen molar-refractivity contribution < 1.29 is 22.0 Å². The zero-order chi connectivity index (χ0) is 24.4. The number of nitrogens with two attached hydrogens (primary N) is 1. The van der Waals surface area contributed by atoms with E-state index in [2.05, 4.69) is 0 Å². The van der Waals surface area contributed by atoms with Gasteiger partial charge in [0, 0.05) is 28.2 Å². The molecule has 0 spiro atoms. The van der Waals surface area contributed by atoms with Crippen LogP contribution in [0, 0.1) is 17.6 Å². The summed E-state index contributed by atoms with van der Waals surface area (Å²) in [5.41, 5.74) is 4.30. The van der Waals surface area contributed by atoms with Crippen LogP contribution in [-0.2, 0) is 34.1 Å². The normalized spacial score (nSPS) is 19.3. The van der Waals surface area contributed by atoms with Crippen LogP contribution in [0.3, 0.4) is 0 Å². The van der Waals surface area contributed by atoms with Crippen molar-refractivity contribution in [2.75, 3.05) is 4.90 Å². The molecule has 3 aromatic carbocycles. The highest BCUT2D eigenvalue weighted by Crippen LogP contribution is 2.39. The summed E-state index contributed by atoms with van der Waals surface area (Å²) in [7, 11) is -4.27. The maximum atomic E-state index is 14.3. The van der Waals surface area contributed by atoms with Gasteiger partial charge in [0.2, 0.25) is 15.9 Å². The third kappa shape index (κ3) is 3.89. The molecular formula is C25H21ClF2N2O3S. The quantitative estimate of drug-likeness (QED) is 0.567. The molecule has 9 heteroatoms. The molecule has 1 heterocycles. The number of rotatable bonds is 3. The molecule has 0 saturated carbocycles. The van der Waals surface area contributed by atoms with Crippen LogP contribution in [0.15, 0.2) is 53.4 Å². The molecule has 34 heavy (non-hydrogen) atoms. The average molecular weight is 503 g/mol. The van der Waals surface area contributed by atoms with Crippen LogP contribution in [0.1, 0.15) is 23.6 Å². The molecule has 0 bridgehead atoms. The summed E-state index contributed by atoms with van der Waals surface area (Å²) in [6.07, 6.45) is 1.43. The van der Waals surface area contributed by atoms with Gasteiger partial charge in [-0.15, -0.1) is 0 Å². The summed E-state index contributed by atoms with van der Waals surface area (Å²) >= 11 is 6.26. The first-order valence-electron chi connectivity index (χ1n) is 10.8. The van der Waals surface area contributed by atoms with Crippen molar-refractivity contribution in [1.82, 2.24) is 0 Å². The number of fused-ring (bicyclic) bond motifs is 2. The maximum absolute atomic E-state index is 14.3. The lowest BCUT2D eigenvalue weighted by molar-refractivity contribution is -0.122. The minimum Gasteiger partial charge on any atom is -0.309 e. The largest absolute Gasteiger partial charge is 0.309 e. The number of hydrogen-bond donors (Lipinski definition) is 1. The van der Waals surface area contributed by atoms with Gasteiger partial charge in [0.1, 0.15) is 16.5 Å². The lowest BCUT2D eigenvalue weighted by atomic mass is 10.0. The molecule has 1 amide bonds. The van der Waals surface area contributed by atoms with E-state index in [1.807, 2.05) is 25.1 Å². The Kier molecular flexibility index (Phi) is 5.50. The number of anilines is 1. The van der Waals surface area contributed by atoms with Crippen molar-refractivity contribution >= 4 is 33.2 Å². The van der Waals surface area contributed by atoms with Crippen LogP contribution in [0.4, 0.5) is 14.5 Å². The predicted octanol–water partition coefficient (Wildman–Crippen LogP) is 4.63. The second kappa shape index (κ2) is 8.15. The van der Waals surface area contributed by atoms with Crippen LogP contribution in [0.5, 0.6) is 0 Å². The topological polar surface area (TPSA) is 80.5 Å². The van der Waals surface area contributed by atoms with Gasteiger partial charge in [-0.2, -0.15) is 0 Å².